The van der Waals surface area contributed by atoms with Crippen molar-refractivity contribution in [2.24, 2.45) is 0 Å². The van der Waals surface area contributed by atoms with E-state index in [0.29, 0.717) is 23.2 Å². The molecular weight excluding hydrogens is 338 g/mol. The van der Waals surface area contributed by atoms with Gasteiger partial charge in [-0.2, -0.15) is 0 Å². The van der Waals surface area contributed by atoms with Gasteiger partial charge in [0.15, 0.2) is 0 Å². The molecule has 7 heteroatoms. The molecule has 0 aliphatic heterocycles. The number of rotatable bonds is 6. The van der Waals surface area contributed by atoms with Crippen LogP contribution < -0.4 is 5.32 Å². The fourth-order valence-electron chi connectivity index (χ4n) is 2.36. The summed E-state index contributed by atoms with van der Waals surface area (Å²) in [4.78, 5) is 31.2. The van der Waals surface area contributed by atoms with Crippen LogP contribution in [0.2, 0.25) is 0 Å². The van der Waals surface area contributed by atoms with Crippen LogP contribution in [0.25, 0.3) is 11.0 Å². The maximum atomic E-state index is 11.4. The number of carbonyl (C=O) groups is 2. The highest BCUT2D eigenvalue weighted by molar-refractivity contribution is 7.98. The predicted molar refractivity (Wildman–Crippen MR) is 98.0 cm³/mol. The van der Waals surface area contributed by atoms with Crippen molar-refractivity contribution < 1.29 is 14.7 Å². The molecule has 0 aliphatic rings. The molecule has 0 bridgehead atoms. The van der Waals surface area contributed by atoms with Crippen molar-refractivity contribution in [2.75, 3.05) is 5.32 Å². The number of thioether (sulfide) groups is 1. The van der Waals surface area contributed by atoms with Gasteiger partial charge in [0, 0.05) is 17.0 Å². The maximum Gasteiger partial charge on any atom is 0.337 e. The molecule has 0 spiro atoms. The zero-order chi connectivity index (χ0) is 17.8. The van der Waals surface area contributed by atoms with E-state index in [-0.39, 0.29) is 11.5 Å². The molecule has 6 nitrogen and oxygen atoms in total. The molecular formula is C18H17N3O3S. The number of amides is 1. The molecule has 0 unspecified atom stereocenters. The van der Waals surface area contributed by atoms with E-state index in [4.69, 9.17) is 0 Å². The molecule has 3 rings (SSSR count). The Morgan fingerprint density at radius 3 is 2.64 bits per heavy atom. The number of nitrogens with zero attached hydrogens (tertiary/aromatic N) is 1. The van der Waals surface area contributed by atoms with Gasteiger partial charge in [-0.05, 0) is 36.4 Å². The van der Waals surface area contributed by atoms with Gasteiger partial charge in [0.1, 0.15) is 11.3 Å². The van der Waals surface area contributed by atoms with Crippen LogP contribution in [0.15, 0.2) is 47.4 Å². The molecule has 128 valence electrons. The summed E-state index contributed by atoms with van der Waals surface area (Å²) in [5.41, 5.74) is 2.16. The molecule has 0 saturated heterocycles. The van der Waals surface area contributed by atoms with Gasteiger partial charge >= 0.3 is 5.97 Å². The van der Waals surface area contributed by atoms with Crippen molar-refractivity contribution in [1.29, 1.82) is 0 Å². The van der Waals surface area contributed by atoms with Crippen molar-refractivity contribution in [3.8, 4) is 0 Å². The normalized spacial score (nSPS) is 10.8. The number of hydrogen-bond donors (Lipinski definition) is 3. The predicted octanol–water partition coefficient (Wildman–Crippen LogP) is 3.90. The number of nitrogens with one attached hydrogen (secondary N) is 2. The molecule has 0 aliphatic carbocycles. The summed E-state index contributed by atoms with van der Waals surface area (Å²) >= 11 is 1.58. The Hall–Kier alpha value is -2.80. The minimum Gasteiger partial charge on any atom is -0.478 e. The molecule has 1 aromatic heterocycles. The number of para-hydroxylation sites is 1. The molecule has 3 aromatic rings. The van der Waals surface area contributed by atoms with Gasteiger partial charge < -0.3 is 15.4 Å². The largest absolute Gasteiger partial charge is 0.478 e. The fraction of sp³-hybridized carbons (Fsp3) is 0.167. The molecule has 0 saturated carbocycles. The van der Waals surface area contributed by atoms with Crippen LogP contribution in [-0.4, -0.2) is 27.0 Å². The van der Waals surface area contributed by atoms with Crippen molar-refractivity contribution in [1.82, 2.24) is 9.97 Å². The quantitative estimate of drug-likeness (QED) is 0.583. The summed E-state index contributed by atoms with van der Waals surface area (Å²) in [5, 5.41) is 12.0. The van der Waals surface area contributed by atoms with E-state index in [1.807, 2.05) is 37.3 Å². The number of carbonyl (C=O) groups excluding carboxylic acids is 1. The lowest BCUT2D eigenvalue weighted by Crippen LogP contribution is -2.08. The van der Waals surface area contributed by atoms with Crippen LogP contribution in [0.1, 0.15) is 29.5 Å². The van der Waals surface area contributed by atoms with Gasteiger partial charge in [-0.1, -0.05) is 13.0 Å². The Bertz CT molecular complexity index is 919. The highest BCUT2D eigenvalue weighted by Gasteiger charge is 2.12. The van der Waals surface area contributed by atoms with E-state index in [1.165, 1.54) is 0 Å². The smallest absolute Gasteiger partial charge is 0.337 e. The molecule has 0 fully saturated rings. The first kappa shape index (κ1) is 17.0. The number of anilines is 1. The van der Waals surface area contributed by atoms with Crippen molar-refractivity contribution in [3.05, 3.63) is 53.9 Å². The summed E-state index contributed by atoms with van der Waals surface area (Å²) < 4.78 is 0. The Kier molecular flexibility index (Phi) is 5.04. The molecule has 3 N–H and O–H groups in total. The van der Waals surface area contributed by atoms with Gasteiger partial charge in [0.05, 0.1) is 16.8 Å². The number of H-pyrrole nitrogens is 1. The molecule has 0 radical (unpaired) electrons. The van der Waals surface area contributed by atoms with Crippen LogP contribution in [0, 0.1) is 0 Å². The zero-order valence-electron chi connectivity index (χ0n) is 13.6. The third-order valence-corrected chi connectivity index (χ3v) is 4.65. The topological polar surface area (TPSA) is 95.1 Å². The number of benzene rings is 2. The number of imidazole rings is 1. The van der Waals surface area contributed by atoms with Crippen LogP contribution in [-0.2, 0) is 10.5 Å². The van der Waals surface area contributed by atoms with E-state index >= 15 is 0 Å². The van der Waals surface area contributed by atoms with E-state index in [0.717, 1.165) is 16.4 Å². The third kappa shape index (κ3) is 4.00. The maximum absolute atomic E-state index is 11.4. The van der Waals surface area contributed by atoms with E-state index in [1.54, 1.807) is 23.9 Å². The monoisotopic (exact) mass is 355 g/mol. The first-order valence-electron chi connectivity index (χ1n) is 7.80. The average molecular weight is 355 g/mol. The molecule has 1 amide bonds. The second-order valence-corrected chi connectivity index (χ2v) is 6.45. The van der Waals surface area contributed by atoms with Gasteiger partial charge in [-0.3, -0.25) is 4.79 Å². The van der Waals surface area contributed by atoms with E-state index < -0.39 is 5.97 Å². The first-order chi connectivity index (χ1) is 12.1. The second kappa shape index (κ2) is 7.40. The number of aromatic carboxylic acids is 1. The van der Waals surface area contributed by atoms with Gasteiger partial charge in [-0.25, -0.2) is 9.78 Å². The lowest BCUT2D eigenvalue weighted by atomic mass is 10.2. The summed E-state index contributed by atoms with van der Waals surface area (Å²) in [6, 6.07) is 12.6. The highest BCUT2D eigenvalue weighted by Crippen LogP contribution is 2.25. The second-order valence-electron chi connectivity index (χ2n) is 5.41. The minimum absolute atomic E-state index is 0.0167. The average Bonchev–Trinajstić information content (AvgIpc) is 3.03. The number of fused-ring (bicyclic) bond motifs is 1. The third-order valence-electron chi connectivity index (χ3n) is 3.63. The van der Waals surface area contributed by atoms with Crippen LogP contribution in [0.5, 0.6) is 0 Å². The number of carboxylic acids is 1. The van der Waals surface area contributed by atoms with E-state index in [9.17, 15) is 14.7 Å². The van der Waals surface area contributed by atoms with E-state index in [2.05, 4.69) is 15.3 Å². The SMILES string of the molecule is CCC(=O)Nc1ccc(SCc2nc3c(C(=O)O)cccc3[nH]2)cc1. The lowest BCUT2D eigenvalue weighted by molar-refractivity contribution is -0.115. The fourth-order valence-corrected chi connectivity index (χ4v) is 3.13. The number of aromatic nitrogens is 2. The summed E-state index contributed by atoms with van der Waals surface area (Å²) in [5.74, 6) is 0.309. The Labute approximate surface area is 148 Å². The molecule has 2 aromatic carbocycles. The van der Waals surface area contributed by atoms with Gasteiger partial charge in [0.25, 0.3) is 0 Å². The number of hydrogen-bond acceptors (Lipinski definition) is 4. The minimum atomic E-state index is -0.985. The Morgan fingerprint density at radius 1 is 1.20 bits per heavy atom. The molecule has 25 heavy (non-hydrogen) atoms. The zero-order valence-corrected chi connectivity index (χ0v) is 14.4. The van der Waals surface area contributed by atoms with Gasteiger partial charge in [-0.15, -0.1) is 11.8 Å². The Balaban J connectivity index is 1.69. The van der Waals surface area contributed by atoms with Crippen LogP contribution in [0.3, 0.4) is 0 Å². The molecule has 0 atom stereocenters. The molecule has 1 heterocycles. The Morgan fingerprint density at radius 2 is 1.96 bits per heavy atom. The van der Waals surface area contributed by atoms with Crippen molar-refractivity contribution in [2.45, 2.75) is 24.0 Å². The van der Waals surface area contributed by atoms with Crippen LogP contribution >= 0.6 is 11.8 Å². The van der Waals surface area contributed by atoms with Crippen molar-refractivity contribution >= 4 is 40.4 Å². The highest BCUT2D eigenvalue weighted by atomic mass is 32.2. The van der Waals surface area contributed by atoms with Crippen LogP contribution in [0.4, 0.5) is 5.69 Å². The summed E-state index contributed by atoms with van der Waals surface area (Å²) in [6.07, 6.45) is 0.445. The summed E-state index contributed by atoms with van der Waals surface area (Å²) in [6.45, 7) is 1.81. The number of carboxylic acid groups (broad SMARTS) is 1. The lowest BCUT2D eigenvalue weighted by Gasteiger charge is -2.04. The standard InChI is InChI=1S/C18H17N3O3S/c1-2-16(22)19-11-6-8-12(9-7-11)25-10-15-20-14-5-3-4-13(18(23)24)17(14)21-15/h3-9H,2,10H2,1H3,(H,19,22)(H,20,21)(H,23,24). The first-order valence-corrected chi connectivity index (χ1v) is 8.79. The summed E-state index contributed by atoms with van der Waals surface area (Å²) in [7, 11) is 0. The number of aromatic amines is 1. The van der Waals surface area contributed by atoms with Crippen molar-refractivity contribution in [3.63, 3.8) is 0 Å². The van der Waals surface area contributed by atoms with Gasteiger partial charge in [0.2, 0.25) is 5.91 Å².